The number of fused-ring (bicyclic) bond motifs is 1. The van der Waals surface area contributed by atoms with Crippen molar-refractivity contribution in [2.45, 2.75) is 40.0 Å². The summed E-state index contributed by atoms with van der Waals surface area (Å²) >= 11 is 0. The minimum Gasteiger partial charge on any atom is -0.325 e. The molecule has 2 rings (SSSR count). The molecule has 3 amide bonds. The van der Waals surface area contributed by atoms with E-state index < -0.39 is 0 Å². The van der Waals surface area contributed by atoms with Crippen LogP contribution >= 0.6 is 0 Å². The lowest BCUT2D eigenvalue weighted by Crippen LogP contribution is -2.24. The largest absolute Gasteiger partial charge is 0.325 e. The minimum atomic E-state index is -0.347. The number of carbonyl (C=O) groups excluding carboxylic acids is 3. The van der Waals surface area contributed by atoms with Crippen LogP contribution in [-0.2, 0) is 11.2 Å². The van der Waals surface area contributed by atoms with Crippen LogP contribution in [0.4, 0.5) is 5.69 Å². The minimum absolute atomic E-state index is 0.253. The second-order valence-electron chi connectivity index (χ2n) is 5.43. The number of anilines is 1. The molecule has 0 atom stereocenters. The van der Waals surface area contributed by atoms with E-state index in [1.165, 1.54) is 14.0 Å². The molecule has 0 bridgehead atoms. The Morgan fingerprint density at radius 2 is 1.86 bits per heavy atom. The normalized spacial score (nSPS) is 13.6. The lowest BCUT2D eigenvalue weighted by atomic mass is 9.94. The molecule has 5 nitrogen and oxygen atoms in total. The molecule has 21 heavy (non-hydrogen) atoms. The van der Waals surface area contributed by atoms with Gasteiger partial charge in [0.05, 0.1) is 16.8 Å². The maximum Gasteiger partial charge on any atom is 0.263 e. The van der Waals surface area contributed by atoms with E-state index in [1.807, 2.05) is 13.0 Å². The Bertz CT molecular complexity index is 635. The molecule has 1 aliphatic rings. The van der Waals surface area contributed by atoms with Crippen molar-refractivity contribution in [1.29, 1.82) is 0 Å². The van der Waals surface area contributed by atoms with Crippen LogP contribution in [0.25, 0.3) is 0 Å². The first-order valence-electron chi connectivity index (χ1n) is 7.14. The van der Waals surface area contributed by atoms with Gasteiger partial charge in [-0.25, -0.2) is 0 Å². The highest BCUT2D eigenvalue weighted by molar-refractivity contribution is 6.25. The monoisotopic (exact) mass is 288 g/mol. The average molecular weight is 288 g/mol. The molecule has 0 saturated heterocycles. The zero-order valence-corrected chi connectivity index (χ0v) is 12.9. The lowest BCUT2D eigenvalue weighted by molar-refractivity contribution is -0.114. The van der Waals surface area contributed by atoms with Crippen molar-refractivity contribution in [1.82, 2.24) is 4.90 Å². The van der Waals surface area contributed by atoms with Gasteiger partial charge in [-0.05, 0) is 30.9 Å². The highest BCUT2D eigenvalue weighted by atomic mass is 16.2. The molecular weight excluding hydrogens is 268 g/mol. The van der Waals surface area contributed by atoms with Gasteiger partial charge in [-0.1, -0.05) is 19.4 Å². The first-order chi connectivity index (χ1) is 9.88. The number of nitrogens with zero attached hydrogens (tertiary/aromatic N) is 1. The number of nitrogens with one attached hydrogen (secondary N) is 1. The van der Waals surface area contributed by atoms with E-state index in [4.69, 9.17) is 0 Å². The van der Waals surface area contributed by atoms with E-state index in [2.05, 4.69) is 12.2 Å². The van der Waals surface area contributed by atoms with Gasteiger partial charge in [0.25, 0.3) is 11.8 Å². The summed E-state index contributed by atoms with van der Waals surface area (Å²) < 4.78 is 0. The number of aryl methyl sites for hydroxylation is 2. The summed E-state index contributed by atoms with van der Waals surface area (Å²) in [5, 5.41) is 2.69. The summed E-state index contributed by atoms with van der Waals surface area (Å²) in [6.07, 6.45) is 2.72. The summed E-state index contributed by atoms with van der Waals surface area (Å²) in [5.41, 5.74) is 2.95. The van der Waals surface area contributed by atoms with E-state index in [0.29, 0.717) is 16.8 Å². The van der Waals surface area contributed by atoms with Crippen LogP contribution in [0.2, 0.25) is 0 Å². The summed E-state index contributed by atoms with van der Waals surface area (Å²) in [7, 11) is 1.47. The van der Waals surface area contributed by atoms with Crippen molar-refractivity contribution in [3.63, 3.8) is 0 Å². The Labute approximate surface area is 124 Å². The fourth-order valence-corrected chi connectivity index (χ4v) is 2.68. The van der Waals surface area contributed by atoms with Crippen molar-refractivity contribution in [2.75, 3.05) is 12.4 Å². The number of hydrogen-bond donors (Lipinski definition) is 1. The van der Waals surface area contributed by atoms with E-state index in [1.54, 1.807) is 0 Å². The molecule has 0 spiro atoms. The summed E-state index contributed by atoms with van der Waals surface area (Å²) in [6.45, 7) is 5.32. The molecule has 0 fully saturated rings. The number of unbranched alkanes of at least 4 members (excludes halogenated alkanes) is 1. The number of benzene rings is 1. The van der Waals surface area contributed by atoms with Crippen molar-refractivity contribution in [2.24, 2.45) is 0 Å². The molecule has 0 radical (unpaired) electrons. The standard InChI is InChI=1S/C16H20N2O3/c1-5-6-7-11-8-9(2)14(17-10(3)19)13-12(11)15(20)18(4)16(13)21/h8H,5-7H2,1-4H3,(H,17,19). The summed E-state index contributed by atoms with van der Waals surface area (Å²) in [5.74, 6) is -0.885. The molecule has 1 N–H and O–H groups in total. The SMILES string of the molecule is CCCCc1cc(C)c(NC(C)=O)c2c1C(=O)N(C)C2=O. The molecule has 0 aromatic heterocycles. The smallest absolute Gasteiger partial charge is 0.263 e. The maximum absolute atomic E-state index is 12.3. The second kappa shape index (κ2) is 5.68. The molecule has 0 unspecified atom stereocenters. The first kappa shape index (κ1) is 15.2. The Kier molecular flexibility index (Phi) is 4.11. The molecule has 1 heterocycles. The van der Waals surface area contributed by atoms with Gasteiger partial charge in [-0.3, -0.25) is 19.3 Å². The van der Waals surface area contributed by atoms with Gasteiger partial charge >= 0.3 is 0 Å². The summed E-state index contributed by atoms with van der Waals surface area (Å²) in [4.78, 5) is 37.2. The predicted octanol–water partition coefficient (Wildman–Crippen LogP) is 2.52. The molecular formula is C16H20N2O3. The predicted molar refractivity (Wildman–Crippen MR) is 80.5 cm³/mol. The van der Waals surface area contributed by atoms with Crippen LogP contribution in [0.1, 0.15) is 58.5 Å². The number of imide groups is 1. The van der Waals surface area contributed by atoms with E-state index >= 15 is 0 Å². The zero-order valence-electron chi connectivity index (χ0n) is 12.9. The first-order valence-corrected chi connectivity index (χ1v) is 7.14. The highest BCUT2D eigenvalue weighted by Gasteiger charge is 2.38. The van der Waals surface area contributed by atoms with Gasteiger partial charge in [0.2, 0.25) is 5.91 Å². The molecule has 5 heteroatoms. The Balaban J connectivity index is 2.66. The third kappa shape index (κ3) is 2.55. The average Bonchev–Trinajstić information content (AvgIpc) is 2.65. The fourth-order valence-electron chi connectivity index (χ4n) is 2.68. The Morgan fingerprint density at radius 1 is 1.24 bits per heavy atom. The quantitative estimate of drug-likeness (QED) is 0.866. The number of rotatable bonds is 4. The van der Waals surface area contributed by atoms with Crippen LogP contribution in [0.5, 0.6) is 0 Å². The highest BCUT2D eigenvalue weighted by Crippen LogP contribution is 2.35. The zero-order chi connectivity index (χ0) is 15.7. The van der Waals surface area contributed by atoms with Crippen LogP contribution < -0.4 is 5.32 Å². The summed E-state index contributed by atoms with van der Waals surface area (Å²) in [6, 6.07) is 1.91. The third-order valence-corrected chi connectivity index (χ3v) is 3.74. The second-order valence-corrected chi connectivity index (χ2v) is 5.43. The lowest BCUT2D eigenvalue weighted by Gasteiger charge is -2.14. The maximum atomic E-state index is 12.3. The van der Waals surface area contributed by atoms with Gasteiger partial charge < -0.3 is 5.32 Å². The number of carbonyl (C=O) groups is 3. The van der Waals surface area contributed by atoms with Gasteiger partial charge in [0.15, 0.2) is 0 Å². The fraction of sp³-hybridized carbons (Fsp3) is 0.438. The third-order valence-electron chi connectivity index (χ3n) is 3.74. The topological polar surface area (TPSA) is 66.5 Å². The van der Waals surface area contributed by atoms with Crippen molar-refractivity contribution < 1.29 is 14.4 Å². The van der Waals surface area contributed by atoms with Gasteiger partial charge in [-0.2, -0.15) is 0 Å². The van der Waals surface area contributed by atoms with Crippen LogP contribution in [-0.4, -0.2) is 29.7 Å². The molecule has 0 aliphatic carbocycles. The van der Waals surface area contributed by atoms with E-state index in [9.17, 15) is 14.4 Å². The van der Waals surface area contributed by atoms with Crippen molar-refractivity contribution in [3.8, 4) is 0 Å². The number of hydrogen-bond acceptors (Lipinski definition) is 3. The van der Waals surface area contributed by atoms with Gasteiger partial charge in [-0.15, -0.1) is 0 Å². The Hall–Kier alpha value is -2.17. The molecule has 1 aromatic rings. The Morgan fingerprint density at radius 3 is 2.43 bits per heavy atom. The van der Waals surface area contributed by atoms with Crippen molar-refractivity contribution in [3.05, 3.63) is 28.3 Å². The number of amides is 3. The van der Waals surface area contributed by atoms with Crippen LogP contribution in [0, 0.1) is 6.92 Å². The van der Waals surface area contributed by atoms with E-state index in [-0.39, 0.29) is 17.7 Å². The molecule has 0 saturated carbocycles. The van der Waals surface area contributed by atoms with Gasteiger partial charge in [0.1, 0.15) is 0 Å². The van der Waals surface area contributed by atoms with Gasteiger partial charge in [0, 0.05) is 14.0 Å². The van der Waals surface area contributed by atoms with Crippen LogP contribution in [0.3, 0.4) is 0 Å². The van der Waals surface area contributed by atoms with Crippen molar-refractivity contribution >= 4 is 23.4 Å². The molecule has 1 aliphatic heterocycles. The van der Waals surface area contributed by atoms with E-state index in [0.717, 1.165) is 35.3 Å². The molecule has 1 aromatic carbocycles. The van der Waals surface area contributed by atoms with Crippen LogP contribution in [0.15, 0.2) is 6.07 Å². The molecule has 112 valence electrons.